The molecule has 1 aliphatic rings. The molecule has 1 fully saturated rings. The van der Waals surface area contributed by atoms with Gasteiger partial charge in [-0.3, -0.25) is 9.69 Å². The van der Waals surface area contributed by atoms with Crippen LogP contribution in [-0.2, 0) is 4.79 Å². The maximum atomic E-state index is 12.2. The predicted octanol–water partition coefficient (Wildman–Crippen LogP) is 2.90. The van der Waals surface area contributed by atoms with Gasteiger partial charge in [0, 0.05) is 6.54 Å². The summed E-state index contributed by atoms with van der Waals surface area (Å²) in [6.07, 6.45) is 3.58. The van der Waals surface area contributed by atoms with Gasteiger partial charge in [0.1, 0.15) is 11.4 Å². The summed E-state index contributed by atoms with van der Waals surface area (Å²) in [5, 5.41) is 13.0. The highest BCUT2D eigenvalue weighted by Crippen LogP contribution is 2.25. The first-order valence-corrected chi connectivity index (χ1v) is 7.14. The molecule has 1 aromatic rings. The summed E-state index contributed by atoms with van der Waals surface area (Å²) in [5.74, 6) is -0.118. The van der Waals surface area contributed by atoms with Crippen LogP contribution in [0.2, 0.25) is 5.02 Å². The zero-order valence-electron chi connectivity index (χ0n) is 11.0. The second-order valence-electron chi connectivity index (χ2n) is 4.51. The van der Waals surface area contributed by atoms with Gasteiger partial charge in [-0.2, -0.15) is 0 Å². The summed E-state index contributed by atoms with van der Waals surface area (Å²) >= 11 is 11.0. The Morgan fingerprint density at radius 1 is 1.50 bits per heavy atom. The molecule has 0 radical (unpaired) electrons. The second kappa shape index (κ2) is 6.24. The van der Waals surface area contributed by atoms with Crippen molar-refractivity contribution in [2.45, 2.75) is 19.8 Å². The first-order chi connectivity index (χ1) is 9.52. The second-order valence-corrected chi connectivity index (χ2v) is 5.30. The minimum atomic E-state index is -0.132. The molecule has 106 valence electrons. The number of halogens is 1. The van der Waals surface area contributed by atoms with Crippen molar-refractivity contribution in [2.75, 3.05) is 6.54 Å². The summed E-state index contributed by atoms with van der Waals surface area (Å²) in [6.45, 7) is 2.68. The largest absolute Gasteiger partial charge is 0.506 e. The topological polar surface area (TPSA) is 52.6 Å². The SMILES string of the molecule is CCCCN1C(=O)/C(=C/c2ccc(O)c(Cl)c2)NC1=S. The van der Waals surface area contributed by atoms with Gasteiger partial charge in [-0.05, 0) is 42.4 Å². The lowest BCUT2D eigenvalue weighted by Gasteiger charge is -2.12. The van der Waals surface area contributed by atoms with Gasteiger partial charge in [0.25, 0.3) is 5.91 Å². The van der Waals surface area contributed by atoms with Gasteiger partial charge in [-0.25, -0.2) is 0 Å². The number of thiocarbonyl (C=S) groups is 1. The summed E-state index contributed by atoms with van der Waals surface area (Å²) in [5.41, 5.74) is 1.15. The molecule has 1 aromatic carbocycles. The van der Waals surface area contributed by atoms with Gasteiger partial charge >= 0.3 is 0 Å². The molecule has 2 N–H and O–H groups in total. The number of phenolic OH excluding ortho intramolecular Hbond substituents is 1. The quantitative estimate of drug-likeness (QED) is 0.663. The van der Waals surface area contributed by atoms with Gasteiger partial charge in [0.15, 0.2) is 5.11 Å². The average molecular weight is 311 g/mol. The number of amides is 1. The molecule has 1 aliphatic heterocycles. The maximum Gasteiger partial charge on any atom is 0.276 e. The fraction of sp³-hybridized carbons (Fsp3) is 0.286. The number of carbonyl (C=O) groups excluding carboxylic acids is 1. The molecule has 6 heteroatoms. The van der Waals surface area contributed by atoms with Crippen molar-refractivity contribution in [3.63, 3.8) is 0 Å². The van der Waals surface area contributed by atoms with Gasteiger partial charge in [0.2, 0.25) is 0 Å². The van der Waals surface area contributed by atoms with Crippen LogP contribution in [0.3, 0.4) is 0 Å². The summed E-state index contributed by atoms with van der Waals surface area (Å²) < 4.78 is 0. The Kier molecular flexibility index (Phi) is 4.62. The molecule has 0 saturated carbocycles. The van der Waals surface area contributed by atoms with E-state index >= 15 is 0 Å². The van der Waals surface area contributed by atoms with Crippen molar-refractivity contribution in [3.05, 3.63) is 34.5 Å². The van der Waals surface area contributed by atoms with Crippen LogP contribution in [0.4, 0.5) is 0 Å². The summed E-state index contributed by atoms with van der Waals surface area (Å²) in [6, 6.07) is 4.76. The zero-order valence-corrected chi connectivity index (χ0v) is 12.6. The number of aromatic hydroxyl groups is 1. The third kappa shape index (κ3) is 3.11. The Bertz CT molecular complexity index is 587. The number of nitrogens with zero attached hydrogens (tertiary/aromatic N) is 1. The molecule has 1 amide bonds. The monoisotopic (exact) mass is 310 g/mol. The fourth-order valence-corrected chi connectivity index (χ4v) is 2.34. The van der Waals surface area contributed by atoms with E-state index < -0.39 is 0 Å². The van der Waals surface area contributed by atoms with E-state index in [1.54, 1.807) is 23.1 Å². The average Bonchev–Trinajstić information content (AvgIpc) is 2.67. The minimum absolute atomic E-state index is 0.0135. The molecule has 0 atom stereocenters. The highest BCUT2D eigenvalue weighted by atomic mass is 35.5. The van der Waals surface area contributed by atoms with Crippen molar-refractivity contribution >= 4 is 40.9 Å². The van der Waals surface area contributed by atoms with E-state index in [2.05, 4.69) is 12.2 Å². The third-order valence-corrected chi connectivity index (χ3v) is 3.61. The number of nitrogens with one attached hydrogen (secondary N) is 1. The number of benzene rings is 1. The van der Waals surface area contributed by atoms with Gasteiger partial charge in [-0.1, -0.05) is 31.0 Å². The first-order valence-electron chi connectivity index (χ1n) is 6.36. The standard InChI is InChI=1S/C14H15ClN2O2S/c1-2-3-6-17-13(19)11(16-14(17)20)8-9-4-5-12(18)10(15)7-9/h4-5,7-8,18H,2-3,6H2,1H3,(H,16,20)/b11-8-. The third-order valence-electron chi connectivity index (χ3n) is 2.98. The van der Waals surface area contributed by atoms with Crippen LogP contribution < -0.4 is 5.32 Å². The van der Waals surface area contributed by atoms with E-state index in [4.69, 9.17) is 23.8 Å². The van der Waals surface area contributed by atoms with Crippen LogP contribution >= 0.6 is 23.8 Å². The number of unbranched alkanes of at least 4 members (excludes halogenated alkanes) is 1. The zero-order chi connectivity index (χ0) is 14.7. The van der Waals surface area contributed by atoms with E-state index in [0.717, 1.165) is 18.4 Å². The Labute approximate surface area is 128 Å². The molecule has 0 bridgehead atoms. The van der Waals surface area contributed by atoms with Gasteiger partial charge in [0.05, 0.1) is 5.02 Å². The molecule has 2 rings (SSSR count). The van der Waals surface area contributed by atoms with E-state index in [-0.39, 0.29) is 16.7 Å². The smallest absolute Gasteiger partial charge is 0.276 e. The van der Waals surface area contributed by atoms with E-state index in [9.17, 15) is 9.90 Å². The van der Waals surface area contributed by atoms with Crippen molar-refractivity contribution in [1.29, 1.82) is 0 Å². The van der Waals surface area contributed by atoms with Gasteiger partial charge < -0.3 is 10.4 Å². The lowest BCUT2D eigenvalue weighted by Crippen LogP contribution is -2.31. The van der Waals surface area contributed by atoms with Crippen LogP contribution in [0.1, 0.15) is 25.3 Å². The number of hydrogen-bond donors (Lipinski definition) is 2. The molecule has 1 saturated heterocycles. The van der Waals surface area contributed by atoms with Crippen LogP contribution in [0.15, 0.2) is 23.9 Å². The van der Waals surface area contributed by atoms with Crippen molar-refractivity contribution < 1.29 is 9.90 Å². The Morgan fingerprint density at radius 3 is 2.90 bits per heavy atom. The van der Waals surface area contributed by atoms with Crippen molar-refractivity contribution in [2.24, 2.45) is 0 Å². The van der Waals surface area contributed by atoms with Crippen LogP contribution in [0, 0.1) is 0 Å². The summed E-state index contributed by atoms with van der Waals surface area (Å²) in [7, 11) is 0. The molecule has 20 heavy (non-hydrogen) atoms. The van der Waals surface area contributed by atoms with Crippen LogP contribution in [0.25, 0.3) is 6.08 Å². The van der Waals surface area contributed by atoms with Crippen LogP contribution in [0.5, 0.6) is 5.75 Å². The first kappa shape index (κ1) is 14.8. The molecule has 1 heterocycles. The van der Waals surface area contributed by atoms with Gasteiger partial charge in [-0.15, -0.1) is 0 Å². The van der Waals surface area contributed by atoms with E-state index in [1.807, 2.05) is 0 Å². The number of phenols is 1. The highest BCUT2D eigenvalue weighted by Gasteiger charge is 2.29. The Morgan fingerprint density at radius 2 is 2.25 bits per heavy atom. The normalized spacial score (nSPS) is 16.9. The van der Waals surface area contributed by atoms with Crippen LogP contribution in [-0.4, -0.2) is 27.6 Å². The number of rotatable bonds is 4. The molecule has 0 unspecified atom stereocenters. The molecular weight excluding hydrogens is 296 g/mol. The molecule has 0 spiro atoms. The lowest BCUT2D eigenvalue weighted by molar-refractivity contribution is -0.122. The minimum Gasteiger partial charge on any atom is -0.506 e. The Balaban J connectivity index is 2.20. The van der Waals surface area contributed by atoms with E-state index in [1.165, 1.54) is 6.07 Å². The highest BCUT2D eigenvalue weighted by molar-refractivity contribution is 7.80. The predicted molar refractivity (Wildman–Crippen MR) is 83.4 cm³/mol. The van der Waals surface area contributed by atoms with E-state index in [0.29, 0.717) is 17.4 Å². The molecule has 0 aromatic heterocycles. The summed E-state index contributed by atoms with van der Waals surface area (Å²) in [4.78, 5) is 13.8. The Hall–Kier alpha value is -1.59. The van der Waals surface area contributed by atoms with Crippen molar-refractivity contribution in [1.82, 2.24) is 10.2 Å². The van der Waals surface area contributed by atoms with Crippen molar-refractivity contribution in [3.8, 4) is 5.75 Å². The maximum absolute atomic E-state index is 12.2. The number of hydrogen-bond acceptors (Lipinski definition) is 3. The lowest BCUT2D eigenvalue weighted by atomic mass is 10.2. The number of carbonyl (C=O) groups is 1. The molecule has 4 nitrogen and oxygen atoms in total. The molecule has 0 aliphatic carbocycles. The molecular formula is C14H15ClN2O2S. The fourth-order valence-electron chi connectivity index (χ4n) is 1.87.